The Hall–Kier alpha value is -8.14. The van der Waals surface area contributed by atoms with E-state index in [1.54, 1.807) is 0 Å². The van der Waals surface area contributed by atoms with E-state index in [0.717, 1.165) is 55.8 Å². The SMILES string of the molecule is c1ccc(-c2cccc(N(c3ccc(-c4c(-c5ccccc5)cccc4-n4c5ccccc5c5cc6ccccc6cc54)cc3)c3ccc4oc5ccccc5c4c3)c2)cc1. The molecule has 0 aliphatic carbocycles. The molecule has 3 heteroatoms. The first-order valence-electron chi connectivity index (χ1n) is 20.8. The Balaban J connectivity index is 1.07. The molecule has 12 rings (SSSR count). The highest BCUT2D eigenvalue weighted by molar-refractivity contribution is 6.14. The molecule has 0 radical (unpaired) electrons. The zero-order valence-corrected chi connectivity index (χ0v) is 33.2. The topological polar surface area (TPSA) is 21.3 Å². The van der Waals surface area contributed by atoms with Gasteiger partial charge in [0.2, 0.25) is 0 Å². The summed E-state index contributed by atoms with van der Waals surface area (Å²) in [6.07, 6.45) is 0. The number of fused-ring (bicyclic) bond motifs is 7. The van der Waals surface area contributed by atoms with Gasteiger partial charge in [0, 0.05) is 44.2 Å². The third-order valence-electron chi connectivity index (χ3n) is 12.2. The van der Waals surface area contributed by atoms with Crippen LogP contribution in [0.3, 0.4) is 0 Å². The summed E-state index contributed by atoms with van der Waals surface area (Å²) < 4.78 is 8.75. The van der Waals surface area contributed by atoms with Crippen LogP contribution >= 0.6 is 0 Å². The van der Waals surface area contributed by atoms with Crippen molar-refractivity contribution in [2.45, 2.75) is 0 Å². The molecular weight excluding hydrogens is 741 g/mol. The van der Waals surface area contributed by atoms with Crippen molar-refractivity contribution in [2.24, 2.45) is 0 Å². The lowest BCUT2D eigenvalue weighted by Gasteiger charge is -2.26. The molecule has 10 aromatic carbocycles. The van der Waals surface area contributed by atoms with E-state index in [0.29, 0.717) is 0 Å². The first-order valence-corrected chi connectivity index (χ1v) is 20.8. The maximum atomic E-state index is 6.28. The minimum Gasteiger partial charge on any atom is -0.456 e. The molecule has 2 aromatic heterocycles. The first-order chi connectivity index (χ1) is 30.2. The van der Waals surface area contributed by atoms with Crippen LogP contribution in [0.2, 0.25) is 0 Å². The van der Waals surface area contributed by atoms with Crippen LogP contribution in [-0.2, 0) is 0 Å². The summed E-state index contributed by atoms with van der Waals surface area (Å²) in [6, 6.07) is 83.1. The quantitative estimate of drug-likeness (QED) is 0.161. The second kappa shape index (κ2) is 14.3. The summed E-state index contributed by atoms with van der Waals surface area (Å²) >= 11 is 0. The van der Waals surface area contributed by atoms with Crippen LogP contribution in [0.4, 0.5) is 17.1 Å². The zero-order chi connectivity index (χ0) is 40.3. The lowest BCUT2D eigenvalue weighted by atomic mass is 9.92. The second-order valence-electron chi connectivity index (χ2n) is 15.7. The molecule has 0 aliphatic heterocycles. The van der Waals surface area contributed by atoms with Crippen molar-refractivity contribution >= 4 is 71.6 Å². The van der Waals surface area contributed by atoms with Gasteiger partial charge in [-0.25, -0.2) is 0 Å². The summed E-state index contributed by atoms with van der Waals surface area (Å²) in [7, 11) is 0. The number of anilines is 3. The summed E-state index contributed by atoms with van der Waals surface area (Å²) in [6.45, 7) is 0. The normalized spacial score (nSPS) is 11.6. The van der Waals surface area contributed by atoms with Crippen molar-refractivity contribution in [1.82, 2.24) is 4.57 Å². The first kappa shape index (κ1) is 34.9. The molecule has 0 atom stereocenters. The molecule has 12 aromatic rings. The minimum absolute atomic E-state index is 0.876. The molecule has 2 heterocycles. The van der Waals surface area contributed by atoms with Gasteiger partial charge in [-0.3, -0.25) is 0 Å². The largest absolute Gasteiger partial charge is 0.456 e. The van der Waals surface area contributed by atoms with E-state index in [4.69, 9.17) is 4.42 Å². The molecule has 0 unspecified atom stereocenters. The maximum Gasteiger partial charge on any atom is 0.135 e. The summed E-state index contributed by atoms with van der Waals surface area (Å²) in [5.41, 5.74) is 15.5. The van der Waals surface area contributed by atoms with E-state index in [1.807, 2.05) is 12.1 Å². The number of nitrogens with zero attached hydrogens (tertiary/aromatic N) is 2. The number of hydrogen-bond acceptors (Lipinski definition) is 2. The molecule has 61 heavy (non-hydrogen) atoms. The number of benzene rings is 10. The fourth-order valence-electron chi connectivity index (χ4n) is 9.34. The molecule has 0 spiro atoms. The number of aromatic nitrogens is 1. The van der Waals surface area contributed by atoms with Gasteiger partial charge in [-0.2, -0.15) is 0 Å². The highest BCUT2D eigenvalue weighted by Gasteiger charge is 2.21. The van der Waals surface area contributed by atoms with Gasteiger partial charge in [0.15, 0.2) is 0 Å². The molecule has 0 N–H and O–H groups in total. The maximum absolute atomic E-state index is 6.28. The number of hydrogen-bond donors (Lipinski definition) is 0. The van der Waals surface area contributed by atoms with Crippen LogP contribution in [0.5, 0.6) is 0 Å². The fourth-order valence-corrected chi connectivity index (χ4v) is 9.34. The molecule has 0 amide bonds. The van der Waals surface area contributed by atoms with Crippen LogP contribution in [0, 0.1) is 0 Å². The van der Waals surface area contributed by atoms with Gasteiger partial charge < -0.3 is 13.9 Å². The average molecular weight is 779 g/mol. The van der Waals surface area contributed by atoms with Crippen LogP contribution in [-0.4, -0.2) is 4.57 Å². The molecule has 286 valence electrons. The van der Waals surface area contributed by atoms with Crippen LogP contribution < -0.4 is 4.90 Å². The summed E-state index contributed by atoms with van der Waals surface area (Å²) in [5.74, 6) is 0. The lowest BCUT2D eigenvalue weighted by Crippen LogP contribution is -2.10. The highest BCUT2D eigenvalue weighted by Crippen LogP contribution is 2.44. The Labute approximate surface area is 353 Å². The number of furan rings is 1. The minimum atomic E-state index is 0.876. The van der Waals surface area contributed by atoms with Crippen molar-refractivity contribution in [2.75, 3.05) is 4.90 Å². The van der Waals surface area contributed by atoms with Gasteiger partial charge in [0.25, 0.3) is 0 Å². The van der Waals surface area contributed by atoms with E-state index in [-0.39, 0.29) is 0 Å². The Morgan fingerprint density at radius 3 is 1.77 bits per heavy atom. The van der Waals surface area contributed by atoms with Gasteiger partial charge in [-0.1, -0.05) is 158 Å². The zero-order valence-electron chi connectivity index (χ0n) is 33.2. The van der Waals surface area contributed by atoms with Crippen molar-refractivity contribution in [1.29, 1.82) is 0 Å². The molecular formula is C58H38N2O. The lowest BCUT2D eigenvalue weighted by molar-refractivity contribution is 0.669. The van der Waals surface area contributed by atoms with Gasteiger partial charge in [0.05, 0.1) is 16.7 Å². The Morgan fingerprint density at radius 2 is 0.951 bits per heavy atom. The van der Waals surface area contributed by atoms with E-state index in [1.165, 1.54) is 54.8 Å². The van der Waals surface area contributed by atoms with E-state index < -0.39 is 0 Å². The second-order valence-corrected chi connectivity index (χ2v) is 15.7. The predicted octanol–water partition coefficient (Wildman–Crippen LogP) is 16.3. The molecule has 3 nitrogen and oxygen atoms in total. The van der Waals surface area contributed by atoms with Gasteiger partial charge in [-0.05, 0) is 111 Å². The smallest absolute Gasteiger partial charge is 0.135 e. The van der Waals surface area contributed by atoms with Crippen LogP contribution in [0.1, 0.15) is 0 Å². The molecule has 0 fully saturated rings. The third kappa shape index (κ3) is 5.90. The molecule has 0 saturated heterocycles. The predicted molar refractivity (Wildman–Crippen MR) is 257 cm³/mol. The average Bonchev–Trinajstić information content (AvgIpc) is 3.86. The van der Waals surface area contributed by atoms with Crippen LogP contribution in [0.15, 0.2) is 235 Å². The highest BCUT2D eigenvalue weighted by atomic mass is 16.3. The van der Waals surface area contributed by atoms with Gasteiger partial charge in [-0.15, -0.1) is 0 Å². The monoisotopic (exact) mass is 778 g/mol. The summed E-state index contributed by atoms with van der Waals surface area (Å²) in [4.78, 5) is 2.36. The van der Waals surface area contributed by atoms with E-state index in [2.05, 4.69) is 228 Å². The van der Waals surface area contributed by atoms with Crippen molar-refractivity contribution in [3.05, 3.63) is 231 Å². The van der Waals surface area contributed by atoms with Gasteiger partial charge in [0.1, 0.15) is 11.2 Å². The Bertz CT molecular complexity index is 3580. The Kier molecular flexibility index (Phi) is 8.17. The standard InChI is InChI=1S/C58H38N2O/c1-3-15-39(16-4-1)42-21-13-22-46(35-42)59(47-33-34-57-52(38-47)50-24-10-12-28-56(50)61-57)45-31-29-41(30-32-45)58-48(40-17-5-2-6-18-40)25-14-27-54(58)60-53-26-11-9-23-49(53)51-36-43-19-7-8-20-44(43)37-55(51)60/h1-38H. The van der Waals surface area contributed by atoms with Crippen molar-refractivity contribution < 1.29 is 4.42 Å². The molecule has 0 bridgehead atoms. The molecule has 0 saturated carbocycles. The van der Waals surface area contributed by atoms with Crippen molar-refractivity contribution in [3.63, 3.8) is 0 Å². The molecule has 0 aliphatic rings. The third-order valence-corrected chi connectivity index (χ3v) is 12.2. The fraction of sp³-hybridized carbons (Fsp3) is 0. The van der Waals surface area contributed by atoms with Gasteiger partial charge >= 0.3 is 0 Å². The van der Waals surface area contributed by atoms with E-state index in [9.17, 15) is 0 Å². The van der Waals surface area contributed by atoms with E-state index >= 15 is 0 Å². The van der Waals surface area contributed by atoms with Crippen LogP contribution in [0.25, 0.3) is 93.6 Å². The van der Waals surface area contributed by atoms with Crippen molar-refractivity contribution in [3.8, 4) is 39.1 Å². The Morgan fingerprint density at radius 1 is 0.328 bits per heavy atom. The number of para-hydroxylation sites is 2. The number of rotatable bonds is 7. The summed E-state index contributed by atoms with van der Waals surface area (Å²) in [5, 5.41) is 7.15.